The van der Waals surface area contributed by atoms with Crippen LogP contribution in [0.4, 0.5) is 0 Å². The van der Waals surface area contributed by atoms with E-state index in [9.17, 15) is 0 Å². The molecule has 3 nitrogen and oxygen atoms in total. The van der Waals surface area contributed by atoms with Gasteiger partial charge < -0.3 is 4.57 Å². The minimum absolute atomic E-state index is 0.719. The number of nitrogens with zero attached hydrogens (tertiary/aromatic N) is 3. The Balaban J connectivity index is 1.31. The van der Waals surface area contributed by atoms with Gasteiger partial charge in [-0.05, 0) is 64.0 Å². The molecule has 0 aliphatic carbocycles. The number of para-hydroxylation sites is 1. The van der Waals surface area contributed by atoms with Crippen molar-refractivity contribution in [3.63, 3.8) is 0 Å². The van der Waals surface area contributed by atoms with Crippen LogP contribution < -0.4 is 0 Å². The number of hydrogen-bond donors (Lipinski definition) is 0. The maximum atomic E-state index is 6.87. The van der Waals surface area contributed by atoms with Gasteiger partial charge in [0.2, 0.25) is 0 Å². The highest BCUT2D eigenvalue weighted by Crippen LogP contribution is 2.39. The number of halogens is 1. The number of aromatic nitrogens is 3. The first kappa shape index (κ1) is 25.0. The standard InChI is InChI=1S/C40H24ClN3/c41-34-19-9-21-36-38(34)33-23-26-11-1-2-12-27(26)24-37(33)44(36)29-15-7-14-28(22-29)39-32-17-5-6-20-35(32)42-40(43-39)31-18-8-13-25-10-3-4-16-30(25)31/h1-24H. The minimum atomic E-state index is 0.719. The lowest BCUT2D eigenvalue weighted by Gasteiger charge is -2.13. The van der Waals surface area contributed by atoms with Gasteiger partial charge in [0.05, 0.1) is 27.3 Å². The Morgan fingerprint density at radius 3 is 2.09 bits per heavy atom. The second-order valence-corrected chi connectivity index (χ2v) is 11.6. The summed E-state index contributed by atoms with van der Waals surface area (Å²) >= 11 is 6.87. The van der Waals surface area contributed by atoms with Crippen molar-refractivity contribution in [2.75, 3.05) is 0 Å². The van der Waals surface area contributed by atoms with Crippen molar-refractivity contribution in [1.29, 1.82) is 0 Å². The highest BCUT2D eigenvalue weighted by Gasteiger charge is 2.18. The Bertz CT molecular complexity index is 2580. The van der Waals surface area contributed by atoms with Crippen LogP contribution in [0.2, 0.25) is 5.02 Å². The molecule has 9 aromatic rings. The Hall–Kier alpha value is -5.51. The molecule has 44 heavy (non-hydrogen) atoms. The third-order valence-electron chi connectivity index (χ3n) is 8.62. The van der Waals surface area contributed by atoms with Crippen molar-refractivity contribution in [2.45, 2.75) is 0 Å². The molecule has 0 spiro atoms. The van der Waals surface area contributed by atoms with E-state index >= 15 is 0 Å². The molecule has 7 aromatic carbocycles. The lowest BCUT2D eigenvalue weighted by atomic mass is 10.0. The summed E-state index contributed by atoms with van der Waals surface area (Å²) in [5.41, 5.74) is 7.12. The molecule has 0 radical (unpaired) electrons. The molecule has 0 aliphatic heterocycles. The number of fused-ring (bicyclic) bond motifs is 6. The molecule has 0 aliphatic rings. The topological polar surface area (TPSA) is 30.7 Å². The summed E-state index contributed by atoms with van der Waals surface area (Å²) in [6.45, 7) is 0. The van der Waals surface area contributed by atoms with Crippen LogP contribution in [0.1, 0.15) is 0 Å². The average molecular weight is 582 g/mol. The van der Waals surface area contributed by atoms with E-state index in [-0.39, 0.29) is 0 Å². The van der Waals surface area contributed by atoms with Gasteiger partial charge in [0.15, 0.2) is 5.82 Å². The zero-order chi connectivity index (χ0) is 29.2. The van der Waals surface area contributed by atoms with Crippen LogP contribution in [0.5, 0.6) is 0 Å². The van der Waals surface area contributed by atoms with Crippen LogP contribution in [0.3, 0.4) is 0 Å². The fourth-order valence-electron chi connectivity index (χ4n) is 6.62. The van der Waals surface area contributed by atoms with Crippen LogP contribution in [-0.4, -0.2) is 14.5 Å². The first-order valence-electron chi connectivity index (χ1n) is 14.7. The van der Waals surface area contributed by atoms with Crippen molar-refractivity contribution in [3.8, 4) is 28.3 Å². The Labute approximate surface area is 258 Å². The fourth-order valence-corrected chi connectivity index (χ4v) is 6.89. The smallest absolute Gasteiger partial charge is 0.161 e. The van der Waals surface area contributed by atoms with Crippen LogP contribution in [0.25, 0.3) is 82.6 Å². The maximum Gasteiger partial charge on any atom is 0.161 e. The van der Waals surface area contributed by atoms with Crippen molar-refractivity contribution < 1.29 is 0 Å². The molecule has 206 valence electrons. The molecule has 0 saturated heterocycles. The first-order chi connectivity index (χ1) is 21.7. The van der Waals surface area contributed by atoms with E-state index < -0.39 is 0 Å². The summed E-state index contributed by atoms with van der Waals surface area (Å²) in [7, 11) is 0. The van der Waals surface area contributed by atoms with E-state index in [2.05, 4.69) is 132 Å². The molecular weight excluding hydrogens is 558 g/mol. The molecule has 2 heterocycles. The molecule has 2 aromatic heterocycles. The quantitative estimate of drug-likeness (QED) is 0.208. The summed E-state index contributed by atoms with van der Waals surface area (Å²) in [5.74, 6) is 0.719. The van der Waals surface area contributed by atoms with Crippen molar-refractivity contribution in [2.24, 2.45) is 0 Å². The number of benzene rings is 7. The van der Waals surface area contributed by atoms with Crippen molar-refractivity contribution in [3.05, 3.63) is 151 Å². The fraction of sp³-hybridized carbons (Fsp3) is 0. The van der Waals surface area contributed by atoms with Gasteiger partial charge in [0.25, 0.3) is 0 Å². The Morgan fingerprint density at radius 1 is 0.500 bits per heavy atom. The van der Waals surface area contributed by atoms with E-state index in [0.717, 1.165) is 71.5 Å². The summed E-state index contributed by atoms with van der Waals surface area (Å²) < 4.78 is 2.32. The predicted octanol–water partition coefficient (Wildman–Crippen LogP) is 11.0. The third-order valence-corrected chi connectivity index (χ3v) is 8.93. The molecule has 0 fully saturated rings. The largest absolute Gasteiger partial charge is 0.309 e. The van der Waals surface area contributed by atoms with Gasteiger partial charge in [-0.1, -0.05) is 115 Å². The van der Waals surface area contributed by atoms with Crippen LogP contribution in [-0.2, 0) is 0 Å². The third kappa shape index (κ3) is 3.83. The SMILES string of the molecule is Clc1cccc2c1c1cc3ccccc3cc1n2-c1cccc(-c2nc(-c3cccc4ccccc34)nc3ccccc23)c1. The van der Waals surface area contributed by atoms with Crippen LogP contribution >= 0.6 is 11.6 Å². The Kier molecular flexibility index (Phi) is 5.56. The van der Waals surface area contributed by atoms with Crippen molar-refractivity contribution >= 4 is 65.9 Å². The molecule has 0 bridgehead atoms. The molecule has 0 N–H and O–H groups in total. The lowest BCUT2D eigenvalue weighted by Crippen LogP contribution is -1.98. The van der Waals surface area contributed by atoms with Gasteiger partial charge in [-0.25, -0.2) is 9.97 Å². The highest BCUT2D eigenvalue weighted by atomic mass is 35.5. The van der Waals surface area contributed by atoms with Crippen molar-refractivity contribution in [1.82, 2.24) is 14.5 Å². The van der Waals surface area contributed by atoms with E-state index in [1.165, 1.54) is 16.2 Å². The predicted molar refractivity (Wildman–Crippen MR) is 185 cm³/mol. The van der Waals surface area contributed by atoms with E-state index in [1.807, 2.05) is 18.2 Å². The second kappa shape index (κ2) is 9.77. The monoisotopic (exact) mass is 581 g/mol. The average Bonchev–Trinajstić information content (AvgIpc) is 3.40. The van der Waals surface area contributed by atoms with Gasteiger partial charge >= 0.3 is 0 Å². The summed E-state index contributed by atoms with van der Waals surface area (Å²) in [6, 6.07) is 50.8. The molecule has 0 unspecified atom stereocenters. The van der Waals surface area contributed by atoms with Gasteiger partial charge in [-0.15, -0.1) is 0 Å². The summed E-state index contributed by atoms with van der Waals surface area (Å²) in [5, 5.41) is 8.66. The van der Waals surface area contributed by atoms with Gasteiger partial charge in [-0.3, -0.25) is 0 Å². The molecular formula is C40H24ClN3. The lowest BCUT2D eigenvalue weighted by molar-refractivity contribution is 1.18. The Morgan fingerprint density at radius 2 is 1.20 bits per heavy atom. The molecule has 0 atom stereocenters. The van der Waals surface area contributed by atoms with E-state index in [1.54, 1.807) is 0 Å². The second-order valence-electron chi connectivity index (χ2n) is 11.2. The summed E-state index contributed by atoms with van der Waals surface area (Å²) in [6.07, 6.45) is 0. The highest BCUT2D eigenvalue weighted by molar-refractivity contribution is 6.38. The van der Waals surface area contributed by atoms with E-state index in [4.69, 9.17) is 21.6 Å². The molecule has 4 heteroatoms. The molecule has 0 amide bonds. The normalized spacial score (nSPS) is 11.8. The zero-order valence-electron chi connectivity index (χ0n) is 23.6. The molecule has 9 rings (SSSR count). The van der Waals surface area contributed by atoms with E-state index in [0.29, 0.717) is 0 Å². The summed E-state index contributed by atoms with van der Waals surface area (Å²) in [4.78, 5) is 10.3. The maximum absolute atomic E-state index is 6.87. The first-order valence-corrected chi connectivity index (χ1v) is 15.1. The van der Waals surface area contributed by atoms with Gasteiger partial charge in [-0.2, -0.15) is 0 Å². The van der Waals surface area contributed by atoms with Gasteiger partial charge in [0.1, 0.15) is 0 Å². The van der Waals surface area contributed by atoms with Crippen LogP contribution in [0.15, 0.2) is 146 Å². The minimum Gasteiger partial charge on any atom is -0.309 e. The molecule has 0 saturated carbocycles. The zero-order valence-corrected chi connectivity index (χ0v) is 24.3. The van der Waals surface area contributed by atoms with Gasteiger partial charge in [0, 0.05) is 33.0 Å². The number of rotatable bonds is 3. The van der Waals surface area contributed by atoms with Crippen LogP contribution in [0, 0.1) is 0 Å². The number of hydrogen-bond acceptors (Lipinski definition) is 2.